The van der Waals surface area contributed by atoms with Gasteiger partial charge in [-0.2, -0.15) is 5.10 Å². The third-order valence-corrected chi connectivity index (χ3v) is 3.43. The molecule has 0 atom stereocenters. The van der Waals surface area contributed by atoms with E-state index in [1.807, 2.05) is 0 Å². The van der Waals surface area contributed by atoms with Gasteiger partial charge in [0, 0.05) is 19.3 Å². The summed E-state index contributed by atoms with van der Waals surface area (Å²) in [5, 5.41) is 17.5. The lowest BCUT2D eigenvalue weighted by Gasteiger charge is -2.08. The molecule has 3 aromatic heterocycles. The van der Waals surface area contributed by atoms with E-state index in [0.29, 0.717) is 5.52 Å². The van der Waals surface area contributed by atoms with Gasteiger partial charge in [-0.15, -0.1) is 0 Å². The largest absolute Gasteiger partial charge is 0.448 e. The van der Waals surface area contributed by atoms with Gasteiger partial charge in [0.1, 0.15) is 16.4 Å². The molecular formula is C13H9ClFN5O3. The van der Waals surface area contributed by atoms with E-state index >= 15 is 0 Å². The molecule has 23 heavy (non-hydrogen) atoms. The predicted octanol–water partition coefficient (Wildman–Crippen LogP) is 3.26. The summed E-state index contributed by atoms with van der Waals surface area (Å²) >= 11 is 6.12. The van der Waals surface area contributed by atoms with Crippen molar-refractivity contribution in [2.45, 2.75) is 0 Å². The number of nitrogens with one attached hydrogen (secondary N) is 1. The van der Waals surface area contributed by atoms with Crippen LogP contribution in [0.2, 0.25) is 5.02 Å². The third-order valence-electron chi connectivity index (χ3n) is 3.05. The highest BCUT2D eigenvalue weighted by atomic mass is 35.5. The van der Waals surface area contributed by atoms with E-state index in [2.05, 4.69) is 15.4 Å². The SMILES string of the molecule is CNc1c([N+](=O)[O-])ncc(Oc2cnn3ccc(F)cc23)c1Cl. The van der Waals surface area contributed by atoms with Crippen LogP contribution in [0.3, 0.4) is 0 Å². The summed E-state index contributed by atoms with van der Waals surface area (Å²) in [6.07, 6.45) is 3.95. The Kier molecular flexibility index (Phi) is 3.70. The van der Waals surface area contributed by atoms with Crippen molar-refractivity contribution in [2.75, 3.05) is 12.4 Å². The minimum atomic E-state index is -0.661. The van der Waals surface area contributed by atoms with Crippen LogP contribution in [0.4, 0.5) is 15.9 Å². The first-order chi connectivity index (χ1) is 11.0. The number of nitro groups is 1. The van der Waals surface area contributed by atoms with Crippen molar-refractivity contribution >= 4 is 28.6 Å². The number of pyridine rings is 2. The van der Waals surface area contributed by atoms with E-state index in [1.165, 1.54) is 36.1 Å². The van der Waals surface area contributed by atoms with Gasteiger partial charge in [0.25, 0.3) is 0 Å². The highest BCUT2D eigenvalue weighted by Crippen LogP contribution is 2.39. The van der Waals surface area contributed by atoms with E-state index in [-0.39, 0.29) is 22.2 Å². The predicted molar refractivity (Wildman–Crippen MR) is 80.7 cm³/mol. The number of anilines is 1. The van der Waals surface area contributed by atoms with Gasteiger partial charge in [0.05, 0.1) is 6.20 Å². The summed E-state index contributed by atoms with van der Waals surface area (Å²) in [5.41, 5.74) is 0.405. The molecule has 0 saturated carbocycles. The molecule has 0 unspecified atom stereocenters. The Morgan fingerprint density at radius 2 is 2.22 bits per heavy atom. The number of hydrogen-bond acceptors (Lipinski definition) is 6. The molecule has 0 aliphatic rings. The molecular weight excluding hydrogens is 329 g/mol. The number of hydrogen-bond donors (Lipinski definition) is 1. The molecule has 3 rings (SSSR count). The monoisotopic (exact) mass is 337 g/mol. The fourth-order valence-corrected chi connectivity index (χ4v) is 2.29. The van der Waals surface area contributed by atoms with Crippen molar-refractivity contribution < 1.29 is 14.1 Å². The second-order valence-electron chi connectivity index (χ2n) is 4.43. The van der Waals surface area contributed by atoms with Crippen LogP contribution >= 0.6 is 11.6 Å². The molecule has 1 N–H and O–H groups in total. The van der Waals surface area contributed by atoms with Crippen molar-refractivity contribution in [2.24, 2.45) is 0 Å². The van der Waals surface area contributed by atoms with Crippen LogP contribution in [0, 0.1) is 15.9 Å². The molecule has 3 aromatic rings. The van der Waals surface area contributed by atoms with Crippen LogP contribution in [-0.4, -0.2) is 26.6 Å². The van der Waals surface area contributed by atoms with Gasteiger partial charge in [-0.25, -0.2) is 8.91 Å². The standard InChI is InChI=1S/C13H9ClFN5O3/c1-16-12-11(14)10(5-17-13(12)20(21)22)23-9-6-18-19-3-2-7(15)4-8(9)19/h2-6,16H,1H3. The lowest BCUT2D eigenvalue weighted by atomic mass is 10.3. The van der Waals surface area contributed by atoms with Gasteiger partial charge < -0.3 is 20.2 Å². The van der Waals surface area contributed by atoms with E-state index in [1.54, 1.807) is 0 Å². The minimum Gasteiger partial charge on any atom is -0.448 e. The van der Waals surface area contributed by atoms with Gasteiger partial charge in [-0.05, 0) is 16.0 Å². The van der Waals surface area contributed by atoms with E-state index in [4.69, 9.17) is 16.3 Å². The average Bonchev–Trinajstić information content (AvgIpc) is 2.91. The Morgan fingerprint density at radius 3 is 2.91 bits per heavy atom. The van der Waals surface area contributed by atoms with Gasteiger partial charge >= 0.3 is 5.82 Å². The lowest BCUT2D eigenvalue weighted by molar-refractivity contribution is -0.388. The zero-order valence-electron chi connectivity index (χ0n) is 11.7. The summed E-state index contributed by atoms with van der Waals surface area (Å²) in [6.45, 7) is 0. The topological polar surface area (TPSA) is 94.6 Å². The van der Waals surface area contributed by atoms with E-state index < -0.39 is 16.6 Å². The number of ether oxygens (including phenoxy) is 1. The van der Waals surface area contributed by atoms with Crippen LogP contribution in [0.15, 0.2) is 30.7 Å². The maximum absolute atomic E-state index is 13.4. The Labute approximate surface area is 133 Å². The molecule has 0 fully saturated rings. The second-order valence-corrected chi connectivity index (χ2v) is 4.81. The van der Waals surface area contributed by atoms with Crippen LogP contribution in [-0.2, 0) is 0 Å². The van der Waals surface area contributed by atoms with Crippen molar-refractivity contribution in [3.8, 4) is 11.5 Å². The summed E-state index contributed by atoms with van der Waals surface area (Å²) in [7, 11) is 1.48. The number of nitrogens with zero attached hydrogens (tertiary/aromatic N) is 4. The summed E-state index contributed by atoms with van der Waals surface area (Å²) in [6, 6.07) is 2.50. The maximum atomic E-state index is 13.4. The van der Waals surface area contributed by atoms with Crippen LogP contribution < -0.4 is 10.1 Å². The van der Waals surface area contributed by atoms with Crippen LogP contribution in [0.25, 0.3) is 5.52 Å². The summed E-state index contributed by atoms with van der Waals surface area (Å²) < 4.78 is 20.4. The highest BCUT2D eigenvalue weighted by molar-refractivity contribution is 6.35. The molecule has 0 aromatic carbocycles. The molecule has 0 amide bonds. The summed E-state index contributed by atoms with van der Waals surface area (Å²) in [4.78, 5) is 14.0. The normalized spacial score (nSPS) is 10.7. The third kappa shape index (κ3) is 2.61. The van der Waals surface area contributed by atoms with Gasteiger partial charge in [0.15, 0.2) is 23.4 Å². The quantitative estimate of drug-likeness (QED) is 0.580. The van der Waals surface area contributed by atoms with Crippen molar-refractivity contribution in [1.29, 1.82) is 0 Å². The average molecular weight is 338 g/mol. The maximum Gasteiger partial charge on any atom is 0.388 e. The number of halogens is 2. The molecule has 8 nitrogen and oxygen atoms in total. The molecule has 118 valence electrons. The Hall–Kier alpha value is -2.94. The van der Waals surface area contributed by atoms with E-state index in [9.17, 15) is 14.5 Å². The molecule has 0 spiro atoms. The number of aromatic nitrogens is 3. The fourth-order valence-electron chi connectivity index (χ4n) is 2.02. The Morgan fingerprint density at radius 1 is 1.43 bits per heavy atom. The first-order valence-electron chi connectivity index (χ1n) is 6.32. The van der Waals surface area contributed by atoms with Gasteiger partial charge in [-0.3, -0.25) is 0 Å². The first kappa shape index (κ1) is 15.0. The molecule has 10 heteroatoms. The summed E-state index contributed by atoms with van der Waals surface area (Å²) in [5.74, 6) is -0.549. The Balaban J connectivity index is 2.05. The molecule has 0 radical (unpaired) electrons. The molecule has 0 saturated heterocycles. The molecule has 3 heterocycles. The fraction of sp³-hybridized carbons (Fsp3) is 0.0769. The number of fused-ring (bicyclic) bond motifs is 1. The van der Waals surface area contributed by atoms with Gasteiger partial charge in [-0.1, -0.05) is 11.6 Å². The van der Waals surface area contributed by atoms with Crippen molar-refractivity contribution in [3.05, 3.63) is 51.7 Å². The second kappa shape index (κ2) is 5.69. The van der Waals surface area contributed by atoms with Crippen LogP contribution in [0.1, 0.15) is 0 Å². The zero-order chi connectivity index (χ0) is 16.6. The first-order valence-corrected chi connectivity index (χ1v) is 6.70. The van der Waals surface area contributed by atoms with Crippen molar-refractivity contribution in [3.63, 3.8) is 0 Å². The lowest BCUT2D eigenvalue weighted by Crippen LogP contribution is -2.01. The van der Waals surface area contributed by atoms with Crippen molar-refractivity contribution in [1.82, 2.24) is 14.6 Å². The number of rotatable bonds is 4. The van der Waals surface area contributed by atoms with Gasteiger partial charge in [0.2, 0.25) is 0 Å². The Bertz CT molecular complexity index is 914. The molecule has 0 aliphatic heterocycles. The van der Waals surface area contributed by atoms with E-state index in [0.717, 1.165) is 6.20 Å². The molecule has 0 bridgehead atoms. The molecule has 0 aliphatic carbocycles. The minimum absolute atomic E-state index is 0.00930. The zero-order valence-corrected chi connectivity index (χ0v) is 12.4. The smallest absolute Gasteiger partial charge is 0.388 e. The van der Waals surface area contributed by atoms with Crippen LogP contribution in [0.5, 0.6) is 11.5 Å². The highest BCUT2D eigenvalue weighted by Gasteiger charge is 2.23.